The molecule has 1 aromatic carbocycles. The summed E-state index contributed by atoms with van der Waals surface area (Å²) in [5, 5.41) is 6.77. The smallest absolute Gasteiger partial charge is 0.232 e. The van der Waals surface area contributed by atoms with Crippen molar-refractivity contribution in [2.45, 2.75) is 45.1 Å². The molecular weight excluding hydrogens is 399 g/mol. The molecule has 1 aromatic heterocycles. The number of aromatic nitrogens is 2. The monoisotopic (exact) mass is 428 g/mol. The highest BCUT2D eigenvalue weighted by Crippen LogP contribution is 2.26. The zero-order chi connectivity index (χ0) is 20.8. The summed E-state index contributed by atoms with van der Waals surface area (Å²) in [7, 11) is 0. The molecule has 6 nitrogen and oxygen atoms in total. The number of nitrogens with one attached hydrogen (secondary N) is 2. The first kappa shape index (κ1) is 20.8. The Morgan fingerprint density at radius 1 is 0.867 bits per heavy atom. The van der Waals surface area contributed by atoms with E-state index in [1.54, 1.807) is 12.1 Å². The Labute approximate surface area is 182 Å². The quantitative estimate of drug-likeness (QED) is 0.696. The number of halogens is 1. The molecule has 0 atom stereocenters. The SMILES string of the molecule is Fc1ccc(CNC(=S)Nc2nc(N3CCCCC3)cc(N3CCCCC3)n2)cc1. The summed E-state index contributed by atoms with van der Waals surface area (Å²) in [4.78, 5) is 14.2. The number of hydrogen-bond donors (Lipinski definition) is 2. The van der Waals surface area contributed by atoms with E-state index in [2.05, 4.69) is 26.5 Å². The largest absolute Gasteiger partial charge is 0.358 e. The molecule has 2 aromatic rings. The molecule has 2 aliphatic heterocycles. The highest BCUT2D eigenvalue weighted by Gasteiger charge is 2.19. The summed E-state index contributed by atoms with van der Waals surface area (Å²) in [6.07, 6.45) is 7.35. The Bertz CT molecular complexity index is 811. The number of benzene rings is 1. The van der Waals surface area contributed by atoms with Crippen LogP contribution in [0.3, 0.4) is 0 Å². The van der Waals surface area contributed by atoms with Gasteiger partial charge in [0.2, 0.25) is 5.95 Å². The van der Waals surface area contributed by atoms with Gasteiger partial charge in [-0.1, -0.05) is 12.1 Å². The van der Waals surface area contributed by atoms with Crippen molar-refractivity contribution in [3.05, 3.63) is 41.7 Å². The number of anilines is 3. The van der Waals surface area contributed by atoms with Crippen LogP contribution in [0.15, 0.2) is 30.3 Å². The van der Waals surface area contributed by atoms with Gasteiger partial charge >= 0.3 is 0 Å². The molecule has 2 saturated heterocycles. The first-order chi connectivity index (χ1) is 14.7. The van der Waals surface area contributed by atoms with Crippen molar-refractivity contribution in [3.8, 4) is 0 Å². The van der Waals surface area contributed by atoms with Crippen molar-refractivity contribution in [2.75, 3.05) is 41.3 Å². The summed E-state index contributed by atoms with van der Waals surface area (Å²) in [5.41, 5.74) is 0.956. The van der Waals surface area contributed by atoms with E-state index in [4.69, 9.17) is 22.2 Å². The lowest BCUT2D eigenvalue weighted by atomic mass is 10.1. The molecule has 3 heterocycles. The van der Waals surface area contributed by atoms with Crippen molar-refractivity contribution in [1.29, 1.82) is 0 Å². The fourth-order valence-corrected chi connectivity index (χ4v) is 4.14. The van der Waals surface area contributed by atoms with E-state index in [9.17, 15) is 4.39 Å². The minimum atomic E-state index is -0.243. The second kappa shape index (κ2) is 10.0. The van der Waals surface area contributed by atoms with Gasteiger partial charge in [-0.05, 0) is 68.4 Å². The van der Waals surface area contributed by atoms with E-state index in [-0.39, 0.29) is 5.82 Å². The van der Waals surface area contributed by atoms with E-state index >= 15 is 0 Å². The van der Waals surface area contributed by atoms with Crippen LogP contribution in [0.4, 0.5) is 22.0 Å². The summed E-state index contributed by atoms with van der Waals surface area (Å²) < 4.78 is 13.1. The van der Waals surface area contributed by atoms with Crippen molar-refractivity contribution in [3.63, 3.8) is 0 Å². The van der Waals surface area contributed by atoms with Crippen LogP contribution in [-0.2, 0) is 6.54 Å². The normalized spacial score (nSPS) is 17.0. The van der Waals surface area contributed by atoms with Crippen molar-refractivity contribution >= 4 is 34.9 Å². The van der Waals surface area contributed by atoms with Crippen LogP contribution < -0.4 is 20.4 Å². The van der Waals surface area contributed by atoms with E-state index in [1.807, 2.05) is 0 Å². The molecule has 0 bridgehead atoms. The molecule has 0 aliphatic carbocycles. The van der Waals surface area contributed by atoms with Crippen molar-refractivity contribution in [2.24, 2.45) is 0 Å². The molecule has 2 N–H and O–H groups in total. The third-order valence-corrected chi connectivity index (χ3v) is 5.90. The maximum Gasteiger partial charge on any atom is 0.232 e. The molecule has 0 amide bonds. The third-order valence-electron chi connectivity index (χ3n) is 5.65. The Kier molecular flexibility index (Phi) is 6.94. The average Bonchev–Trinajstić information content (AvgIpc) is 2.80. The van der Waals surface area contributed by atoms with E-state index < -0.39 is 0 Å². The standard InChI is InChI=1S/C22H29FN6S/c23-18-9-7-17(8-10-18)16-24-22(30)27-21-25-19(28-11-3-1-4-12-28)15-20(26-21)29-13-5-2-6-14-29/h7-10,15H,1-6,11-14,16H2,(H2,24,25,26,27,30). The van der Waals surface area contributed by atoms with Gasteiger partial charge in [0.05, 0.1) is 0 Å². The summed E-state index contributed by atoms with van der Waals surface area (Å²) in [6, 6.07) is 8.50. The van der Waals surface area contributed by atoms with Gasteiger partial charge < -0.3 is 20.4 Å². The van der Waals surface area contributed by atoms with Gasteiger partial charge in [-0.3, -0.25) is 0 Å². The molecule has 0 saturated carbocycles. The Morgan fingerprint density at radius 3 is 1.93 bits per heavy atom. The molecule has 30 heavy (non-hydrogen) atoms. The van der Waals surface area contributed by atoms with Gasteiger partial charge in [0.15, 0.2) is 5.11 Å². The lowest BCUT2D eigenvalue weighted by molar-refractivity contribution is 0.567. The maximum atomic E-state index is 13.1. The van der Waals surface area contributed by atoms with Crippen LogP contribution in [0.5, 0.6) is 0 Å². The van der Waals surface area contributed by atoms with Crippen LogP contribution in [0.25, 0.3) is 0 Å². The lowest BCUT2D eigenvalue weighted by Crippen LogP contribution is -2.34. The average molecular weight is 429 g/mol. The summed E-state index contributed by atoms with van der Waals surface area (Å²) >= 11 is 5.46. The van der Waals surface area contributed by atoms with Crippen LogP contribution in [-0.4, -0.2) is 41.3 Å². The minimum Gasteiger partial charge on any atom is -0.358 e. The molecule has 0 spiro atoms. The number of thiocarbonyl (C=S) groups is 1. The molecular formula is C22H29FN6S. The highest BCUT2D eigenvalue weighted by atomic mass is 32.1. The first-order valence-electron chi connectivity index (χ1n) is 10.9. The fourth-order valence-electron chi connectivity index (χ4n) is 3.98. The number of hydrogen-bond acceptors (Lipinski definition) is 5. The molecule has 4 rings (SSSR count). The molecule has 2 aliphatic rings. The van der Waals surface area contributed by atoms with E-state index in [1.165, 1.54) is 50.7 Å². The highest BCUT2D eigenvalue weighted by molar-refractivity contribution is 7.80. The van der Waals surface area contributed by atoms with Gasteiger partial charge in [-0.15, -0.1) is 0 Å². The zero-order valence-electron chi connectivity index (χ0n) is 17.2. The van der Waals surface area contributed by atoms with Gasteiger partial charge in [0, 0.05) is 38.8 Å². The fraction of sp³-hybridized carbons (Fsp3) is 0.500. The lowest BCUT2D eigenvalue weighted by Gasteiger charge is -2.31. The summed E-state index contributed by atoms with van der Waals surface area (Å²) in [6.45, 7) is 4.63. The predicted octanol–water partition coefficient (Wildman–Crippen LogP) is 4.08. The van der Waals surface area contributed by atoms with Crippen molar-refractivity contribution in [1.82, 2.24) is 15.3 Å². The molecule has 0 unspecified atom stereocenters. The van der Waals surface area contributed by atoms with Gasteiger partial charge in [-0.2, -0.15) is 9.97 Å². The second-order valence-electron chi connectivity index (χ2n) is 7.94. The Hall–Kier alpha value is -2.48. The first-order valence-corrected chi connectivity index (χ1v) is 11.3. The zero-order valence-corrected chi connectivity index (χ0v) is 18.1. The van der Waals surface area contributed by atoms with Crippen LogP contribution in [0.1, 0.15) is 44.1 Å². The van der Waals surface area contributed by atoms with Gasteiger partial charge in [-0.25, -0.2) is 4.39 Å². The molecule has 0 radical (unpaired) electrons. The Morgan fingerprint density at radius 2 is 1.40 bits per heavy atom. The number of rotatable bonds is 5. The Balaban J connectivity index is 1.47. The predicted molar refractivity (Wildman–Crippen MR) is 124 cm³/mol. The third kappa shape index (κ3) is 5.56. The molecule has 8 heteroatoms. The van der Waals surface area contributed by atoms with Gasteiger partial charge in [0.1, 0.15) is 17.5 Å². The molecule has 2 fully saturated rings. The van der Waals surface area contributed by atoms with Crippen molar-refractivity contribution < 1.29 is 4.39 Å². The van der Waals surface area contributed by atoms with Crippen LogP contribution in [0.2, 0.25) is 0 Å². The number of nitrogens with zero attached hydrogens (tertiary/aromatic N) is 4. The summed E-state index contributed by atoms with van der Waals surface area (Å²) in [5.74, 6) is 2.21. The topological polar surface area (TPSA) is 56.3 Å². The number of piperidine rings is 2. The van der Waals surface area contributed by atoms with Crippen LogP contribution in [0, 0.1) is 5.82 Å². The van der Waals surface area contributed by atoms with E-state index in [0.29, 0.717) is 17.6 Å². The maximum absolute atomic E-state index is 13.1. The van der Waals surface area contributed by atoms with E-state index in [0.717, 1.165) is 43.4 Å². The molecule has 160 valence electrons. The minimum absolute atomic E-state index is 0.243. The van der Waals surface area contributed by atoms with Crippen LogP contribution >= 0.6 is 12.2 Å². The van der Waals surface area contributed by atoms with Gasteiger partial charge in [0.25, 0.3) is 0 Å². The second-order valence-corrected chi connectivity index (χ2v) is 8.35.